The van der Waals surface area contributed by atoms with E-state index in [2.05, 4.69) is 10.6 Å². The largest absolute Gasteiger partial charge is 0.495 e. The highest BCUT2D eigenvalue weighted by Gasteiger charge is 2.11. The van der Waals surface area contributed by atoms with Crippen LogP contribution in [0.1, 0.15) is 11.1 Å². The molecule has 128 valence electrons. The van der Waals surface area contributed by atoms with Gasteiger partial charge in [0.1, 0.15) is 11.5 Å². The SMILES string of the molecule is COc1cc(NCC(=O)NCc2ccccc2C)c(OC)cc1Cl. The molecule has 0 saturated carbocycles. The van der Waals surface area contributed by atoms with Crippen LogP contribution in [0.15, 0.2) is 36.4 Å². The second kappa shape index (κ2) is 8.45. The Labute approximate surface area is 146 Å². The number of hydrogen-bond acceptors (Lipinski definition) is 4. The predicted octanol–water partition coefficient (Wildman–Crippen LogP) is 3.39. The summed E-state index contributed by atoms with van der Waals surface area (Å²) in [6, 6.07) is 11.3. The molecule has 0 aliphatic carbocycles. The van der Waals surface area contributed by atoms with Crippen molar-refractivity contribution < 1.29 is 14.3 Å². The number of rotatable bonds is 7. The van der Waals surface area contributed by atoms with Crippen molar-refractivity contribution in [3.05, 3.63) is 52.5 Å². The first kappa shape index (κ1) is 17.9. The van der Waals surface area contributed by atoms with E-state index in [4.69, 9.17) is 21.1 Å². The Morgan fingerprint density at radius 1 is 1.12 bits per heavy atom. The van der Waals surface area contributed by atoms with Crippen LogP contribution in [0, 0.1) is 6.92 Å². The van der Waals surface area contributed by atoms with E-state index in [1.54, 1.807) is 19.2 Å². The van der Waals surface area contributed by atoms with E-state index in [-0.39, 0.29) is 12.5 Å². The van der Waals surface area contributed by atoms with E-state index in [9.17, 15) is 4.79 Å². The second-order valence-corrected chi connectivity index (χ2v) is 5.65. The summed E-state index contributed by atoms with van der Waals surface area (Å²) in [7, 11) is 3.08. The Hall–Kier alpha value is -2.40. The molecule has 0 aliphatic rings. The number of amides is 1. The number of hydrogen-bond donors (Lipinski definition) is 2. The highest BCUT2D eigenvalue weighted by atomic mass is 35.5. The quantitative estimate of drug-likeness (QED) is 0.805. The Morgan fingerprint density at radius 3 is 2.50 bits per heavy atom. The summed E-state index contributed by atoms with van der Waals surface area (Å²) >= 11 is 6.06. The maximum atomic E-state index is 12.1. The summed E-state index contributed by atoms with van der Waals surface area (Å²) in [5.41, 5.74) is 2.89. The number of halogens is 1. The highest BCUT2D eigenvalue weighted by Crippen LogP contribution is 2.35. The predicted molar refractivity (Wildman–Crippen MR) is 96.1 cm³/mol. The van der Waals surface area contributed by atoms with Gasteiger partial charge in [0.2, 0.25) is 5.91 Å². The lowest BCUT2D eigenvalue weighted by Gasteiger charge is -2.14. The molecule has 5 nitrogen and oxygen atoms in total. The number of anilines is 1. The van der Waals surface area contributed by atoms with Gasteiger partial charge in [-0.2, -0.15) is 0 Å². The second-order valence-electron chi connectivity index (χ2n) is 5.24. The molecule has 1 amide bonds. The minimum Gasteiger partial charge on any atom is -0.495 e. The summed E-state index contributed by atoms with van der Waals surface area (Å²) in [5.74, 6) is 0.946. The van der Waals surface area contributed by atoms with E-state index in [1.807, 2.05) is 31.2 Å². The van der Waals surface area contributed by atoms with E-state index >= 15 is 0 Å². The third kappa shape index (κ3) is 4.55. The molecule has 2 rings (SSSR count). The molecule has 0 heterocycles. The van der Waals surface area contributed by atoms with Gasteiger partial charge in [0.05, 0.1) is 31.5 Å². The molecule has 0 spiro atoms. The van der Waals surface area contributed by atoms with Crippen LogP contribution in [0.2, 0.25) is 5.02 Å². The van der Waals surface area contributed by atoms with Gasteiger partial charge in [-0.15, -0.1) is 0 Å². The summed E-state index contributed by atoms with van der Waals surface area (Å²) in [4.78, 5) is 12.1. The van der Waals surface area contributed by atoms with Gasteiger partial charge in [0, 0.05) is 18.7 Å². The van der Waals surface area contributed by atoms with Crippen LogP contribution in [-0.4, -0.2) is 26.7 Å². The van der Waals surface area contributed by atoms with Crippen molar-refractivity contribution in [3.8, 4) is 11.5 Å². The lowest BCUT2D eigenvalue weighted by Crippen LogP contribution is -2.29. The first-order chi connectivity index (χ1) is 11.5. The minimum atomic E-state index is -0.116. The van der Waals surface area contributed by atoms with Gasteiger partial charge >= 0.3 is 0 Å². The molecular formula is C18H21ClN2O3. The number of methoxy groups -OCH3 is 2. The number of ether oxygens (including phenoxy) is 2. The van der Waals surface area contributed by atoms with E-state index in [1.165, 1.54) is 7.11 Å². The van der Waals surface area contributed by atoms with Gasteiger partial charge in [0.25, 0.3) is 0 Å². The van der Waals surface area contributed by atoms with Crippen molar-refractivity contribution in [1.29, 1.82) is 0 Å². The molecule has 2 aromatic carbocycles. The zero-order chi connectivity index (χ0) is 17.5. The zero-order valence-electron chi connectivity index (χ0n) is 14.0. The van der Waals surface area contributed by atoms with Crippen molar-refractivity contribution in [3.63, 3.8) is 0 Å². The monoisotopic (exact) mass is 348 g/mol. The fourth-order valence-electron chi connectivity index (χ4n) is 2.24. The Kier molecular flexibility index (Phi) is 6.32. The number of benzene rings is 2. The number of aryl methyl sites for hydroxylation is 1. The van der Waals surface area contributed by atoms with E-state index < -0.39 is 0 Å². The average molecular weight is 349 g/mol. The lowest BCUT2D eigenvalue weighted by atomic mass is 10.1. The van der Waals surface area contributed by atoms with Crippen LogP contribution in [0.25, 0.3) is 0 Å². The molecule has 2 aromatic rings. The van der Waals surface area contributed by atoms with Gasteiger partial charge in [-0.1, -0.05) is 35.9 Å². The molecule has 0 radical (unpaired) electrons. The standard InChI is InChI=1S/C18H21ClN2O3/c1-12-6-4-5-7-13(12)10-21-18(22)11-20-15-9-16(23-2)14(19)8-17(15)24-3/h4-9,20H,10-11H2,1-3H3,(H,21,22). The van der Waals surface area contributed by atoms with Crippen LogP contribution in [-0.2, 0) is 11.3 Å². The normalized spacial score (nSPS) is 10.2. The molecule has 0 bridgehead atoms. The molecule has 0 aromatic heterocycles. The van der Waals surface area contributed by atoms with Gasteiger partial charge in [-0.05, 0) is 18.1 Å². The first-order valence-electron chi connectivity index (χ1n) is 7.51. The van der Waals surface area contributed by atoms with Crippen molar-refractivity contribution in [2.24, 2.45) is 0 Å². The van der Waals surface area contributed by atoms with Gasteiger partial charge in [-0.25, -0.2) is 0 Å². The van der Waals surface area contributed by atoms with Crippen molar-refractivity contribution >= 4 is 23.2 Å². The third-order valence-electron chi connectivity index (χ3n) is 3.65. The average Bonchev–Trinajstić information content (AvgIpc) is 2.59. The molecular weight excluding hydrogens is 328 g/mol. The van der Waals surface area contributed by atoms with Crippen LogP contribution >= 0.6 is 11.6 Å². The topological polar surface area (TPSA) is 59.6 Å². The third-order valence-corrected chi connectivity index (χ3v) is 3.95. The summed E-state index contributed by atoms with van der Waals surface area (Å²) in [6.07, 6.45) is 0. The molecule has 6 heteroatoms. The number of nitrogens with one attached hydrogen (secondary N) is 2. The fourth-order valence-corrected chi connectivity index (χ4v) is 2.47. The van der Waals surface area contributed by atoms with Crippen LogP contribution in [0.5, 0.6) is 11.5 Å². The van der Waals surface area contributed by atoms with Crippen LogP contribution in [0.3, 0.4) is 0 Å². The zero-order valence-corrected chi connectivity index (χ0v) is 14.7. The van der Waals surface area contributed by atoms with Gasteiger partial charge in [-0.3, -0.25) is 4.79 Å². The summed E-state index contributed by atoms with van der Waals surface area (Å²) < 4.78 is 10.5. The van der Waals surface area contributed by atoms with Crippen molar-refractivity contribution in [2.45, 2.75) is 13.5 Å². The first-order valence-corrected chi connectivity index (χ1v) is 7.89. The fraction of sp³-hybridized carbons (Fsp3) is 0.278. The molecule has 0 unspecified atom stereocenters. The molecule has 2 N–H and O–H groups in total. The summed E-state index contributed by atoms with van der Waals surface area (Å²) in [6.45, 7) is 2.63. The van der Waals surface area contributed by atoms with Crippen LogP contribution < -0.4 is 20.1 Å². The maximum Gasteiger partial charge on any atom is 0.239 e. The number of carbonyl (C=O) groups is 1. The number of carbonyl (C=O) groups excluding carboxylic acids is 1. The summed E-state index contributed by atoms with van der Waals surface area (Å²) in [5, 5.41) is 6.38. The maximum absolute atomic E-state index is 12.1. The highest BCUT2D eigenvalue weighted by molar-refractivity contribution is 6.32. The smallest absolute Gasteiger partial charge is 0.239 e. The van der Waals surface area contributed by atoms with Gasteiger partial charge in [0.15, 0.2) is 0 Å². The molecule has 0 aliphatic heterocycles. The van der Waals surface area contributed by atoms with Crippen molar-refractivity contribution in [2.75, 3.05) is 26.1 Å². The molecule has 24 heavy (non-hydrogen) atoms. The van der Waals surface area contributed by atoms with Crippen molar-refractivity contribution in [1.82, 2.24) is 5.32 Å². The lowest BCUT2D eigenvalue weighted by molar-refractivity contribution is -0.119. The Morgan fingerprint density at radius 2 is 1.83 bits per heavy atom. The molecule has 0 atom stereocenters. The minimum absolute atomic E-state index is 0.116. The Balaban J connectivity index is 1.95. The molecule has 0 saturated heterocycles. The van der Waals surface area contributed by atoms with E-state index in [0.717, 1.165) is 11.1 Å². The van der Waals surface area contributed by atoms with Crippen LogP contribution in [0.4, 0.5) is 5.69 Å². The Bertz CT molecular complexity index is 719. The van der Waals surface area contributed by atoms with Gasteiger partial charge < -0.3 is 20.1 Å². The van der Waals surface area contributed by atoms with E-state index in [0.29, 0.717) is 28.8 Å². The molecule has 0 fully saturated rings.